The fraction of sp³-hybridized carbons (Fsp3) is 0.273. The van der Waals surface area contributed by atoms with Crippen LogP contribution in [0.4, 0.5) is 11.4 Å². The molecule has 156 valence electrons. The smallest absolute Gasteiger partial charge is 0.238 e. The molecule has 0 spiro atoms. The van der Waals surface area contributed by atoms with Gasteiger partial charge in [-0.3, -0.25) is 14.5 Å². The summed E-state index contributed by atoms with van der Waals surface area (Å²) in [5.41, 5.74) is 2.44. The second-order valence-corrected chi connectivity index (χ2v) is 9.06. The van der Waals surface area contributed by atoms with Crippen LogP contribution < -0.4 is 15.4 Å². The maximum Gasteiger partial charge on any atom is 0.238 e. The zero-order valence-corrected chi connectivity index (χ0v) is 18.4. The molecule has 2 N–H and O–H groups in total. The highest BCUT2D eigenvalue weighted by molar-refractivity contribution is 7.10. The molecule has 0 unspecified atom stereocenters. The molecule has 1 aromatic carbocycles. The van der Waals surface area contributed by atoms with Crippen LogP contribution in [0.2, 0.25) is 0 Å². The number of rotatable bonds is 6. The minimum Gasteiger partial charge on any atom is -0.495 e. The molecular weight excluding hydrogens is 418 g/mol. The molecule has 6 nitrogen and oxygen atoms in total. The van der Waals surface area contributed by atoms with Gasteiger partial charge in [0.2, 0.25) is 11.8 Å². The largest absolute Gasteiger partial charge is 0.495 e. The van der Waals surface area contributed by atoms with Crippen molar-refractivity contribution in [3.8, 4) is 5.75 Å². The third kappa shape index (κ3) is 4.40. The fourth-order valence-electron chi connectivity index (χ4n) is 3.78. The quantitative estimate of drug-likeness (QED) is 0.596. The number of nitrogens with one attached hydrogen (secondary N) is 2. The molecule has 0 bridgehead atoms. The summed E-state index contributed by atoms with van der Waals surface area (Å²) in [5.74, 6) is 0.260. The number of benzene rings is 1. The van der Waals surface area contributed by atoms with E-state index in [0.717, 1.165) is 13.0 Å². The maximum absolute atomic E-state index is 13.0. The van der Waals surface area contributed by atoms with E-state index < -0.39 is 0 Å². The number of fused-ring (bicyclic) bond motifs is 1. The van der Waals surface area contributed by atoms with Gasteiger partial charge in [0, 0.05) is 28.9 Å². The molecule has 1 aliphatic rings. The van der Waals surface area contributed by atoms with E-state index in [2.05, 4.69) is 44.5 Å². The normalized spacial score (nSPS) is 16.0. The molecule has 4 rings (SSSR count). The van der Waals surface area contributed by atoms with Crippen LogP contribution in [0, 0.1) is 0 Å². The summed E-state index contributed by atoms with van der Waals surface area (Å²) in [6.07, 6.45) is 0.948. The van der Waals surface area contributed by atoms with Crippen LogP contribution in [-0.2, 0) is 16.0 Å². The Morgan fingerprint density at radius 2 is 2.03 bits per heavy atom. The Balaban J connectivity index is 1.53. The molecule has 1 atom stereocenters. The van der Waals surface area contributed by atoms with E-state index in [9.17, 15) is 9.59 Å². The first-order valence-corrected chi connectivity index (χ1v) is 11.4. The van der Waals surface area contributed by atoms with E-state index in [1.165, 1.54) is 22.2 Å². The van der Waals surface area contributed by atoms with Crippen LogP contribution in [0.3, 0.4) is 0 Å². The molecule has 30 heavy (non-hydrogen) atoms. The van der Waals surface area contributed by atoms with Gasteiger partial charge >= 0.3 is 0 Å². The van der Waals surface area contributed by atoms with Gasteiger partial charge < -0.3 is 15.4 Å². The Kier molecular flexibility index (Phi) is 6.17. The maximum atomic E-state index is 13.0. The van der Waals surface area contributed by atoms with Crippen LogP contribution in [0.15, 0.2) is 47.2 Å². The van der Waals surface area contributed by atoms with Crippen molar-refractivity contribution in [2.45, 2.75) is 19.4 Å². The summed E-state index contributed by atoms with van der Waals surface area (Å²) in [6.45, 7) is 2.54. The first-order chi connectivity index (χ1) is 14.5. The number of ether oxygens (including phenoxy) is 1. The monoisotopic (exact) mass is 441 g/mol. The number of hydrogen-bond acceptors (Lipinski definition) is 6. The van der Waals surface area contributed by atoms with Gasteiger partial charge in [0.1, 0.15) is 5.75 Å². The van der Waals surface area contributed by atoms with Gasteiger partial charge in [0.15, 0.2) is 0 Å². The number of hydrogen-bond donors (Lipinski definition) is 2. The molecule has 0 radical (unpaired) electrons. The average Bonchev–Trinajstić information content (AvgIpc) is 3.39. The summed E-state index contributed by atoms with van der Waals surface area (Å²) in [5, 5.41) is 9.89. The lowest BCUT2D eigenvalue weighted by Gasteiger charge is -2.34. The highest BCUT2D eigenvalue weighted by Crippen LogP contribution is 2.39. The van der Waals surface area contributed by atoms with Gasteiger partial charge in [0.05, 0.1) is 25.4 Å². The molecule has 0 fully saturated rings. The number of carbonyl (C=O) groups is 2. The van der Waals surface area contributed by atoms with Crippen molar-refractivity contribution in [3.05, 3.63) is 62.5 Å². The molecule has 3 aromatic rings. The number of anilines is 2. The van der Waals surface area contributed by atoms with Crippen LogP contribution in [0.25, 0.3) is 0 Å². The molecule has 3 heterocycles. The van der Waals surface area contributed by atoms with E-state index in [0.29, 0.717) is 17.1 Å². The molecule has 0 aliphatic carbocycles. The summed E-state index contributed by atoms with van der Waals surface area (Å²) in [6, 6.07) is 11.6. The minimum atomic E-state index is -0.170. The Morgan fingerprint density at radius 3 is 2.77 bits per heavy atom. The first kappa shape index (κ1) is 20.6. The van der Waals surface area contributed by atoms with E-state index in [4.69, 9.17) is 4.74 Å². The second-order valence-electron chi connectivity index (χ2n) is 7.08. The lowest BCUT2D eigenvalue weighted by atomic mass is 9.98. The van der Waals surface area contributed by atoms with Crippen molar-refractivity contribution < 1.29 is 14.3 Å². The standard InChI is InChI=1S/C22H23N3O3S2/c1-14(26)23-15-5-6-18(28-2)17(12-15)24-21(27)13-25-9-7-19-16(8-11-30-19)22(25)20-4-3-10-29-20/h3-6,8,10-12,22H,7,9,13H2,1-2H3,(H,23,26)(H,24,27)/t22-/m1/s1. The van der Waals surface area contributed by atoms with E-state index in [-0.39, 0.29) is 24.4 Å². The zero-order chi connectivity index (χ0) is 21.1. The van der Waals surface area contributed by atoms with Gasteiger partial charge in [-0.1, -0.05) is 6.07 Å². The van der Waals surface area contributed by atoms with Crippen molar-refractivity contribution >= 4 is 45.9 Å². The van der Waals surface area contributed by atoms with Crippen molar-refractivity contribution in [3.63, 3.8) is 0 Å². The summed E-state index contributed by atoms with van der Waals surface area (Å²) >= 11 is 3.50. The van der Waals surface area contributed by atoms with Crippen LogP contribution in [-0.4, -0.2) is 36.9 Å². The average molecular weight is 442 g/mol. The molecule has 1 aliphatic heterocycles. The van der Waals surface area contributed by atoms with E-state index in [1.54, 1.807) is 48.0 Å². The number of methoxy groups -OCH3 is 1. The van der Waals surface area contributed by atoms with Gasteiger partial charge in [-0.15, -0.1) is 22.7 Å². The molecule has 0 saturated carbocycles. The van der Waals surface area contributed by atoms with Crippen LogP contribution in [0.5, 0.6) is 5.75 Å². The topological polar surface area (TPSA) is 70.7 Å². The zero-order valence-electron chi connectivity index (χ0n) is 16.8. The highest BCUT2D eigenvalue weighted by Gasteiger charge is 2.31. The molecule has 2 aromatic heterocycles. The fourth-order valence-corrected chi connectivity index (χ4v) is 5.56. The van der Waals surface area contributed by atoms with Crippen molar-refractivity contribution in [1.82, 2.24) is 4.90 Å². The van der Waals surface area contributed by atoms with Crippen LogP contribution in [0.1, 0.15) is 28.3 Å². The molecular formula is C22H23N3O3S2. The highest BCUT2D eigenvalue weighted by atomic mass is 32.1. The van der Waals surface area contributed by atoms with Gasteiger partial charge in [0.25, 0.3) is 0 Å². The third-order valence-electron chi connectivity index (χ3n) is 5.02. The summed E-state index contributed by atoms with van der Waals surface area (Å²) in [4.78, 5) is 29.2. The molecule has 2 amide bonds. The van der Waals surface area contributed by atoms with Crippen molar-refractivity contribution in [2.24, 2.45) is 0 Å². The number of nitrogens with zero attached hydrogens (tertiary/aromatic N) is 1. The Morgan fingerprint density at radius 1 is 1.17 bits per heavy atom. The number of carbonyl (C=O) groups excluding carboxylic acids is 2. The predicted molar refractivity (Wildman–Crippen MR) is 122 cm³/mol. The van der Waals surface area contributed by atoms with E-state index >= 15 is 0 Å². The lowest BCUT2D eigenvalue weighted by Crippen LogP contribution is -2.40. The minimum absolute atomic E-state index is 0.0957. The Labute approximate surface area is 183 Å². The van der Waals surface area contributed by atoms with Gasteiger partial charge in [-0.25, -0.2) is 0 Å². The summed E-state index contributed by atoms with van der Waals surface area (Å²) in [7, 11) is 1.55. The Bertz CT molecular complexity index is 1050. The van der Waals surface area contributed by atoms with Crippen molar-refractivity contribution in [2.75, 3.05) is 30.8 Å². The third-order valence-corrected chi connectivity index (χ3v) is 6.94. The van der Waals surface area contributed by atoms with E-state index in [1.807, 2.05) is 0 Å². The molecule has 8 heteroatoms. The number of thiophene rings is 2. The SMILES string of the molecule is COc1ccc(NC(C)=O)cc1NC(=O)CN1CCc2sccc2[C@@H]1c1cccs1. The molecule has 0 saturated heterocycles. The van der Waals surface area contributed by atoms with Gasteiger partial charge in [-0.05, 0) is 53.1 Å². The predicted octanol–water partition coefficient (Wildman–Crippen LogP) is 4.36. The lowest BCUT2D eigenvalue weighted by molar-refractivity contribution is -0.118. The van der Waals surface area contributed by atoms with Crippen LogP contribution >= 0.6 is 22.7 Å². The Hall–Kier alpha value is -2.68. The van der Waals surface area contributed by atoms with Gasteiger partial charge in [-0.2, -0.15) is 0 Å². The first-order valence-electron chi connectivity index (χ1n) is 9.64. The van der Waals surface area contributed by atoms with Crippen molar-refractivity contribution in [1.29, 1.82) is 0 Å². The second kappa shape index (κ2) is 8.99. The number of amides is 2. The summed E-state index contributed by atoms with van der Waals surface area (Å²) < 4.78 is 5.37.